The van der Waals surface area contributed by atoms with Crippen molar-refractivity contribution in [1.29, 1.82) is 0 Å². The Kier molecular flexibility index (Phi) is 3.73. The summed E-state index contributed by atoms with van der Waals surface area (Å²) in [4.78, 5) is 14.4. The number of pyridine rings is 1. The summed E-state index contributed by atoms with van der Waals surface area (Å²) in [5.41, 5.74) is 1.76. The van der Waals surface area contributed by atoms with E-state index in [1.807, 2.05) is 36.4 Å². The second-order valence-corrected chi connectivity index (χ2v) is 4.85. The molecule has 108 valence electrons. The SMILES string of the molecule is CCN(CCn1nc2ccccn2c1=O)c1ccccc1. The van der Waals surface area contributed by atoms with Crippen LogP contribution in [0.25, 0.3) is 5.65 Å². The van der Waals surface area contributed by atoms with Crippen LogP contribution in [0.4, 0.5) is 5.69 Å². The first-order valence-corrected chi connectivity index (χ1v) is 7.14. The minimum atomic E-state index is -0.0882. The quantitative estimate of drug-likeness (QED) is 0.719. The van der Waals surface area contributed by atoms with E-state index < -0.39 is 0 Å². The summed E-state index contributed by atoms with van der Waals surface area (Å²) in [5, 5.41) is 4.35. The van der Waals surface area contributed by atoms with Crippen LogP contribution in [0.5, 0.6) is 0 Å². The summed E-state index contributed by atoms with van der Waals surface area (Å²) < 4.78 is 3.10. The normalized spacial score (nSPS) is 10.9. The molecular formula is C16H18N4O. The van der Waals surface area contributed by atoms with E-state index in [1.54, 1.807) is 10.6 Å². The van der Waals surface area contributed by atoms with Crippen LogP contribution in [0.1, 0.15) is 6.92 Å². The molecule has 5 nitrogen and oxygen atoms in total. The number of aromatic nitrogens is 3. The molecule has 3 aromatic rings. The van der Waals surface area contributed by atoms with E-state index in [0.29, 0.717) is 12.2 Å². The van der Waals surface area contributed by atoms with Crippen molar-refractivity contribution < 1.29 is 0 Å². The number of hydrogen-bond acceptors (Lipinski definition) is 3. The zero-order valence-electron chi connectivity index (χ0n) is 12.0. The van der Waals surface area contributed by atoms with Crippen LogP contribution in [0.15, 0.2) is 59.5 Å². The van der Waals surface area contributed by atoms with E-state index in [-0.39, 0.29) is 5.69 Å². The first kappa shape index (κ1) is 13.4. The van der Waals surface area contributed by atoms with Crippen molar-refractivity contribution in [3.8, 4) is 0 Å². The Morgan fingerprint density at radius 3 is 2.57 bits per heavy atom. The summed E-state index contributed by atoms with van der Waals surface area (Å²) in [6.07, 6.45) is 1.75. The van der Waals surface area contributed by atoms with Gasteiger partial charge in [0.15, 0.2) is 5.65 Å². The molecule has 0 amide bonds. The van der Waals surface area contributed by atoms with Crippen LogP contribution in [0.3, 0.4) is 0 Å². The summed E-state index contributed by atoms with van der Waals surface area (Å²) in [6, 6.07) is 15.8. The van der Waals surface area contributed by atoms with Gasteiger partial charge in [0.1, 0.15) is 0 Å². The molecule has 0 N–H and O–H groups in total. The number of hydrogen-bond donors (Lipinski definition) is 0. The largest absolute Gasteiger partial charge is 0.370 e. The molecule has 0 fully saturated rings. The van der Waals surface area contributed by atoms with Gasteiger partial charge < -0.3 is 4.90 Å². The lowest BCUT2D eigenvalue weighted by atomic mass is 10.3. The second-order valence-electron chi connectivity index (χ2n) is 4.85. The molecule has 0 atom stereocenters. The maximum absolute atomic E-state index is 12.2. The van der Waals surface area contributed by atoms with Crippen LogP contribution in [-0.4, -0.2) is 27.3 Å². The first-order valence-electron chi connectivity index (χ1n) is 7.14. The molecule has 0 aliphatic heterocycles. The Hall–Kier alpha value is -2.56. The first-order chi connectivity index (χ1) is 10.3. The monoisotopic (exact) mass is 282 g/mol. The number of fused-ring (bicyclic) bond motifs is 1. The molecule has 0 bridgehead atoms. The molecular weight excluding hydrogens is 264 g/mol. The Balaban J connectivity index is 1.79. The van der Waals surface area contributed by atoms with E-state index >= 15 is 0 Å². The average molecular weight is 282 g/mol. The fourth-order valence-corrected chi connectivity index (χ4v) is 2.44. The zero-order valence-corrected chi connectivity index (χ0v) is 12.0. The van der Waals surface area contributed by atoms with Crippen LogP contribution >= 0.6 is 0 Å². The van der Waals surface area contributed by atoms with E-state index in [1.165, 1.54) is 4.68 Å². The van der Waals surface area contributed by atoms with E-state index in [2.05, 4.69) is 29.1 Å². The van der Waals surface area contributed by atoms with Crippen molar-refractivity contribution in [3.63, 3.8) is 0 Å². The van der Waals surface area contributed by atoms with Gasteiger partial charge in [0.2, 0.25) is 0 Å². The van der Waals surface area contributed by atoms with Gasteiger partial charge in [0.25, 0.3) is 0 Å². The second kappa shape index (κ2) is 5.83. The highest BCUT2D eigenvalue weighted by molar-refractivity contribution is 5.45. The third kappa shape index (κ3) is 2.67. The van der Waals surface area contributed by atoms with Crippen molar-refractivity contribution in [2.24, 2.45) is 0 Å². The van der Waals surface area contributed by atoms with E-state index in [9.17, 15) is 4.79 Å². The van der Waals surface area contributed by atoms with Crippen molar-refractivity contribution in [2.45, 2.75) is 13.5 Å². The maximum atomic E-state index is 12.2. The summed E-state index contributed by atoms with van der Waals surface area (Å²) in [7, 11) is 0. The highest BCUT2D eigenvalue weighted by Crippen LogP contribution is 2.12. The number of anilines is 1. The maximum Gasteiger partial charge on any atom is 0.350 e. The Bertz CT molecular complexity index is 776. The molecule has 0 spiro atoms. The van der Waals surface area contributed by atoms with Gasteiger partial charge in [0.05, 0.1) is 6.54 Å². The van der Waals surface area contributed by atoms with E-state index in [4.69, 9.17) is 0 Å². The lowest BCUT2D eigenvalue weighted by Crippen LogP contribution is -2.31. The fraction of sp³-hybridized carbons (Fsp3) is 0.250. The zero-order chi connectivity index (χ0) is 14.7. The van der Waals surface area contributed by atoms with Crippen molar-refractivity contribution in [1.82, 2.24) is 14.2 Å². The molecule has 21 heavy (non-hydrogen) atoms. The van der Waals surface area contributed by atoms with Crippen LogP contribution < -0.4 is 10.6 Å². The summed E-state index contributed by atoms with van der Waals surface area (Å²) >= 11 is 0. The van der Waals surface area contributed by atoms with Gasteiger partial charge in [-0.05, 0) is 31.2 Å². The molecule has 0 aliphatic rings. The third-order valence-corrected chi connectivity index (χ3v) is 3.57. The Morgan fingerprint density at radius 2 is 1.86 bits per heavy atom. The predicted octanol–water partition coefficient (Wildman–Crippen LogP) is 2.02. The van der Waals surface area contributed by atoms with Crippen LogP contribution in [0, 0.1) is 0 Å². The Labute approximate surface area is 123 Å². The molecule has 5 heteroatoms. The van der Waals surface area contributed by atoms with Crippen LogP contribution in [0.2, 0.25) is 0 Å². The van der Waals surface area contributed by atoms with Gasteiger partial charge in [-0.25, -0.2) is 9.48 Å². The molecule has 2 aromatic heterocycles. The molecule has 0 saturated heterocycles. The van der Waals surface area contributed by atoms with Gasteiger partial charge in [0, 0.05) is 25.0 Å². The van der Waals surface area contributed by atoms with Crippen molar-refractivity contribution in [3.05, 3.63) is 65.2 Å². The smallest absolute Gasteiger partial charge is 0.350 e. The number of benzene rings is 1. The summed E-state index contributed by atoms with van der Waals surface area (Å²) in [5.74, 6) is 0. The highest BCUT2D eigenvalue weighted by Gasteiger charge is 2.08. The number of para-hydroxylation sites is 1. The van der Waals surface area contributed by atoms with Gasteiger partial charge in [-0.15, -0.1) is 5.10 Å². The minimum Gasteiger partial charge on any atom is -0.370 e. The molecule has 0 saturated carbocycles. The average Bonchev–Trinajstić information content (AvgIpc) is 2.86. The molecule has 2 heterocycles. The topological polar surface area (TPSA) is 42.5 Å². The highest BCUT2D eigenvalue weighted by atomic mass is 16.2. The lowest BCUT2D eigenvalue weighted by Gasteiger charge is -2.22. The molecule has 0 radical (unpaired) electrons. The van der Waals surface area contributed by atoms with Gasteiger partial charge in [-0.2, -0.15) is 0 Å². The summed E-state index contributed by atoms with van der Waals surface area (Å²) in [6.45, 7) is 4.33. The standard InChI is InChI=1S/C16H18N4O/c1-2-18(14-8-4-3-5-9-14)12-13-20-16(21)19-11-7-6-10-15(19)17-20/h3-11H,2,12-13H2,1H3. The van der Waals surface area contributed by atoms with Gasteiger partial charge in [-0.1, -0.05) is 24.3 Å². The fourth-order valence-electron chi connectivity index (χ4n) is 2.44. The van der Waals surface area contributed by atoms with Crippen LogP contribution in [-0.2, 0) is 6.54 Å². The Morgan fingerprint density at radius 1 is 1.10 bits per heavy atom. The lowest BCUT2D eigenvalue weighted by molar-refractivity contribution is 0.581. The number of rotatable bonds is 5. The van der Waals surface area contributed by atoms with Gasteiger partial charge >= 0.3 is 5.69 Å². The van der Waals surface area contributed by atoms with Crippen molar-refractivity contribution >= 4 is 11.3 Å². The number of likely N-dealkylation sites (N-methyl/N-ethyl adjacent to an activating group) is 1. The molecule has 3 rings (SSSR count). The van der Waals surface area contributed by atoms with E-state index in [0.717, 1.165) is 18.8 Å². The van der Waals surface area contributed by atoms with Gasteiger partial charge in [-0.3, -0.25) is 4.40 Å². The number of nitrogens with zero attached hydrogens (tertiary/aromatic N) is 4. The van der Waals surface area contributed by atoms with Crippen molar-refractivity contribution in [2.75, 3.05) is 18.0 Å². The third-order valence-electron chi connectivity index (χ3n) is 3.57. The molecule has 0 unspecified atom stereocenters. The minimum absolute atomic E-state index is 0.0882. The predicted molar refractivity (Wildman–Crippen MR) is 83.8 cm³/mol. The molecule has 0 aliphatic carbocycles. The molecule has 1 aromatic carbocycles.